The fourth-order valence-electron chi connectivity index (χ4n) is 16.2. The number of aromatic nitrogens is 2. The molecule has 2 N–H and O–H groups in total. The quantitative estimate of drug-likeness (QED) is 0.0472. The van der Waals surface area contributed by atoms with Crippen LogP contribution in [0, 0.1) is 58.2 Å². The summed E-state index contributed by atoms with van der Waals surface area (Å²) in [5, 5.41) is 1.65. The molecular formula is C82H106F4N6O18S2. The van der Waals surface area contributed by atoms with E-state index in [0.29, 0.717) is 101 Å². The Balaban J connectivity index is 0.000000221. The zero-order chi connectivity index (χ0) is 81.6. The number of carbonyl (C=O) groups is 8. The van der Waals surface area contributed by atoms with Crippen LogP contribution < -0.4 is 28.4 Å². The van der Waals surface area contributed by atoms with Crippen LogP contribution in [-0.2, 0) is 67.9 Å². The number of rotatable bonds is 20. The number of amides is 4. The summed E-state index contributed by atoms with van der Waals surface area (Å²) in [4.78, 5) is 125. The third kappa shape index (κ3) is 19.2. The van der Waals surface area contributed by atoms with Crippen LogP contribution >= 0.6 is 0 Å². The van der Waals surface area contributed by atoms with Crippen molar-refractivity contribution in [3.05, 3.63) is 85.0 Å². The molecule has 6 heterocycles. The van der Waals surface area contributed by atoms with Gasteiger partial charge in [-0.2, -0.15) is 9.97 Å². The fourth-order valence-corrected chi connectivity index (χ4v) is 18.9. The van der Waals surface area contributed by atoms with Crippen molar-refractivity contribution in [2.24, 2.45) is 58.2 Å². The van der Waals surface area contributed by atoms with Gasteiger partial charge < -0.3 is 38.2 Å². The van der Waals surface area contributed by atoms with Crippen molar-refractivity contribution in [1.29, 1.82) is 0 Å². The highest BCUT2D eigenvalue weighted by Gasteiger charge is 2.64. The molecule has 2 saturated heterocycles. The maximum atomic E-state index is 14.9. The number of methoxy groups -OCH3 is 2. The first-order valence-corrected chi connectivity index (χ1v) is 42.1. The number of ketones is 2. The summed E-state index contributed by atoms with van der Waals surface area (Å²) in [5.41, 5.74) is -6.94. The van der Waals surface area contributed by atoms with Crippen LogP contribution in [0.3, 0.4) is 0 Å². The minimum Gasteiger partial charge on any atom is -0.481 e. The molecule has 24 nitrogen and oxygen atoms in total. The first-order chi connectivity index (χ1) is 52.5. The van der Waals surface area contributed by atoms with Gasteiger partial charge in [-0.05, 0) is 163 Å². The number of pyridine rings is 2. The number of nitrogens with one attached hydrogen (secondary N) is 2. The smallest absolute Gasteiger partial charge is 0.307 e. The molecule has 4 amide bonds. The summed E-state index contributed by atoms with van der Waals surface area (Å²) in [5.74, 6) is -14.6. The molecule has 12 rings (SSSR count). The topological polar surface area (TPSA) is 317 Å². The van der Waals surface area contributed by atoms with Crippen molar-refractivity contribution < 1.29 is 101 Å². The van der Waals surface area contributed by atoms with Gasteiger partial charge in [-0.25, -0.2) is 34.4 Å². The van der Waals surface area contributed by atoms with Gasteiger partial charge in [0, 0.05) is 62.4 Å². The number of allylic oxidation sites excluding steroid dienone is 4. The normalized spacial score (nSPS) is 29.7. The van der Waals surface area contributed by atoms with E-state index in [0.717, 1.165) is 38.5 Å². The largest absolute Gasteiger partial charge is 0.481 e. The van der Waals surface area contributed by atoms with Crippen molar-refractivity contribution >= 4 is 88.7 Å². The van der Waals surface area contributed by atoms with Crippen LogP contribution in [-0.4, -0.2) is 169 Å². The second-order valence-corrected chi connectivity index (χ2v) is 37.9. The Hall–Kier alpha value is -8.28. The SMILES string of the molecule is COc1cc2ccccc2c(O[C@@H]2C[C@H]3C(=O)C[C@]4(C(=O)NS(=O)(=O)C5CC5)C[C@H]4/C=C\CC[C@@H](C)C[C@@H](C)C(CC(=O)OC(C)(C)C(C)(F)F)C(=O)N3C2)n1.COc1cc2ccccc2c(O[C@@H]2C[C@H]3C(=O)C[C@]4(C(=O)NS(=O)(=O)C5CC5)C[C@H]4/C=C\CC[C@H](C)C[C@@H](C)C(CC(=O)OC(C)(C)C(C)(F)F)C(=O)N3C2)n1. The molecule has 112 heavy (non-hydrogen) atoms. The van der Waals surface area contributed by atoms with E-state index in [9.17, 15) is 72.8 Å². The highest BCUT2D eigenvalue weighted by atomic mass is 32.2. The molecule has 4 aromatic rings. The van der Waals surface area contributed by atoms with E-state index >= 15 is 0 Å². The van der Waals surface area contributed by atoms with E-state index < -0.39 is 172 Å². The van der Waals surface area contributed by atoms with Crippen LogP contribution in [0.1, 0.15) is 185 Å². The first-order valence-electron chi connectivity index (χ1n) is 39.0. The first kappa shape index (κ1) is 84.6. The number of hydrogen-bond acceptors (Lipinski definition) is 20. The van der Waals surface area contributed by atoms with Crippen molar-refractivity contribution in [3.8, 4) is 23.5 Å². The second kappa shape index (κ2) is 32.9. The lowest BCUT2D eigenvalue weighted by molar-refractivity contribution is -0.197. The number of esters is 2. The van der Waals surface area contributed by atoms with Crippen molar-refractivity contribution in [1.82, 2.24) is 29.2 Å². The molecule has 0 bridgehead atoms. The van der Waals surface area contributed by atoms with Crippen molar-refractivity contribution in [2.45, 2.75) is 243 Å². The van der Waals surface area contributed by atoms with Crippen molar-refractivity contribution in [3.63, 3.8) is 0 Å². The van der Waals surface area contributed by atoms with E-state index in [1.807, 2.05) is 101 Å². The van der Waals surface area contributed by atoms with Crippen LogP contribution in [0.25, 0.3) is 21.5 Å². The Kier molecular flexibility index (Phi) is 24.9. The lowest BCUT2D eigenvalue weighted by atomic mass is 9.82. The maximum Gasteiger partial charge on any atom is 0.307 e. The maximum absolute atomic E-state index is 14.9. The molecular weight excluding hydrogens is 1500 g/mol. The number of halogens is 4. The number of sulfonamides is 2. The summed E-state index contributed by atoms with van der Waals surface area (Å²) < 4.78 is 148. The van der Waals surface area contributed by atoms with Gasteiger partial charge in [0.2, 0.25) is 67.2 Å². The zero-order valence-corrected chi connectivity index (χ0v) is 67.4. The molecule has 30 heteroatoms. The highest BCUT2D eigenvalue weighted by Crippen LogP contribution is 2.59. The average molecular weight is 1600 g/mol. The molecule has 2 aromatic heterocycles. The number of ether oxygens (including phenoxy) is 6. The van der Waals surface area contributed by atoms with Gasteiger partial charge in [-0.1, -0.05) is 88.4 Å². The Labute approximate surface area is 652 Å². The molecule has 0 spiro atoms. The minimum absolute atomic E-state index is 0.0212. The van der Waals surface area contributed by atoms with Crippen LogP contribution in [0.15, 0.2) is 85.0 Å². The summed E-state index contributed by atoms with van der Waals surface area (Å²) in [6, 6.07) is 16.0. The van der Waals surface area contributed by atoms with Crippen LogP contribution in [0.2, 0.25) is 0 Å². The van der Waals surface area contributed by atoms with Gasteiger partial charge in [0.1, 0.15) is 12.2 Å². The van der Waals surface area contributed by atoms with E-state index in [1.54, 1.807) is 12.1 Å². The summed E-state index contributed by atoms with van der Waals surface area (Å²) in [7, 11) is -4.86. The molecule has 4 aliphatic heterocycles. The molecule has 612 valence electrons. The third-order valence-corrected chi connectivity index (χ3v) is 27.9. The average Bonchev–Trinajstić information content (AvgIpc) is 1.57. The van der Waals surface area contributed by atoms with Gasteiger partial charge >= 0.3 is 11.9 Å². The minimum atomic E-state index is -3.91. The Bertz CT molecular complexity index is 4280. The van der Waals surface area contributed by atoms with E-state index in [1.165, 1.54) is 24.0 Å². The highest BCUT2D eigenvalue weighted by molar-refractivity contribution is 7.91. The molecule has 8 aliphatic rings. The molecule has 2 unspecified atom stereocenters. The third-order valence-electron chi connectivity index (χ3n) is 24.3. The number of hydrogen-bond donors (Lipinski definition) is 2. The fraction of sp³-hybridized carbons (Fsp3) is 0.634. The predicted molar refractivity (Wildman–Crippen MR) is 407 cm³/mol. The Morgan fingerprint density at radius 2 is 0.893 bits per heavy atom. The molecule has 2 aromatic carbocycles. The van der Waals surface area contributed by atoms with E-state index in [-0.39, 0.29) is 87.0 Å². The van der Waals surface area contributed by atoms with Gasteiger partial charge in [-0.15, -0.1) is 0 Å². The number of Topliss-reactive ketones (excluding diaryl/α,β-unsaturated/α-hetero) is 2. The molecule has 14 atom stereocenters. The summed E-state index contributed by atoms with van der Waals surface area (Å²) in [6.07, 6.45) is 10.7. The second-order valence-electron chi connectivity index (χ2n) is 33.9. The van der Waals surface area contributed by atoms with Gasteiger partial charge in [-0.3, -0.25) is 47.8 Å². The van der Waals surface area contributed by atoms with Gasteiger partial charge in [0.05, 0.1) is 85.4 Å². The number of alkyl halides is 4. The Morgan fingerprint density at radius 3 is 1.23 bits per heavy atom. The van der Waals surface area contributed by atoms with Gasteiger partial charge in [0.25, 0.3) is 11.8 Å². The lowest BCUT2D eigenvalue weighted by Crippen LogP contribution is -2.48. The summed E-state index contributed by atoms with van der Waals surface area (Å²) >= 11 is 0. The van der Waals surface area contributed by atoms with E-state index in [4.69, 9.17) is 28.4 Å². The van der Waals surface area contributed by atoms with Crippen LogP contribution in [0.5, 0.6) is 23.5 Å². The molecule has 4 saturated carbocycles. The van der Waals surface area contributed by atoms with Gasteiger partial charge in [0.15, 0.2) is 22.8 Å². The molecule has 4 aliphatic carbocycles. The number of nitrogens with zero attached hydrogens (tertiary/aromatic N) is 4. The van der Waals surface area contributed by atoms with Crippen LogP contribution in [0.4, 0.5) is 17.6 Å². The standard InChI is InChI=1S/2C41H53F2N3O9S/c2*1-24-11-7-9-13-27-21-41(27,38(50)45-56(51,52)29-15-16-29)22-33(47)32-19-28(54-36-30-14-10-8-12-26(30)18-34(44-36)53-6)23-46(32)37(49)31(25(2)17-24)20-35(48)55-39(3,4)40(5,42)43/h2*8-10,12-14,18,24-25,27-29,31-32H,7,11,15-17,19-23H2,1-6H3,(H,45,50)/b2*13-9-/t24-,25+,27+,28+,31?,32-,41+;24-,25-,27-,28-,31?,32+,41-/m01/s1. The molecule has 0 radical (unpaired) electrons. The predicted octanol–water partition coefficient (Wildman–Crippen LogP) is 12.3. The molecule has 6 fully saturated rings. The number of fused-ring (bicyclic) bond motifs is 6. The Morgan fingerprint density at radius 1 is 0.536 bits per heavy atom. The number of benzene rings is 2. The lowest BCUT2D eigenvalue weighted by Gasteiger charge is -2.34. The summed E-state index contributed by atoms with van der Waals surface area (Å²) in [6.45, 7) is 13.3. The number of carbonyl (C=O) groups excluding carboxylic acids is 8. The monoisotopic (exact) mass is 1600 g/mol. The van der Waals surface area contributed by atoms with Crippen molar-refractivity contribution in [2.75, 3.05) is 27.3 Å². The van der Waals surface area contributed by atoms with E-state index in [2.05, 4.69) is 19.4 Å². The zero-order valence-electron chi connectivity index (χ0n) is 65.8.